The van der Waals surface area contributed by atoms with Gasteiger partial charge in [0.15, 0.2) is 0 Å². The molecule has 0 aliphatic rings. The Morgan fingerprint density at radius 3 is 2.60 bits per heavy atom. The molecule has 1 aromatic carbocycles. The summed E-state index contributed by atoms with van der Waals surface area (Å²) in [7, 11) is 0. The van der Waals surface area contributed by atoms with E-state index < -0.39 is 0 Å². The first-order valence-electron chi connectivity index (χ1n) is 4.68. The quantitative estimate of drug-likeness (QED) is 0.858. The average molecular weight is 217 g/mol. The van der Waals surface area contributed by atoms with Crippen LogP contribution in [0, 0.1) is 0 Å². The third kappa shape index (κ3) is 2.58. The summed E-state index contributed by atoms with van der Waals surface area (Å²) in [5.74, 6) is 0. The highest BCUT2D eigenvalue weighted by Crippen LogP contribution is 2.27. The van der Waals surface area contributed by atoms with Crippen LogP contribution in [0.15, 0.2) is 58.6 Å². The van der Waals surface area contributed by atoms with Crippen LogP contribution >= 0.6 is 11.8 Å². The number of aromatic nitrogens is 1. The maximum atomic E-state index is 9.14. The Kier molecular flexibility index (Phi) is 3.37. The molecule has 1 N–H and O–H groups in total. The molecule has 3 heteroatoms. The normalized spacial score (nSPS) is 10.2. The molecule has 2 rings (SSSR count). The fraction of sp³-hybridized carbons (Fsp3) is 0.0833. The molecular formula is C12H11NOS. The second kappa shape index (κ2) is 4.96. The molecule has 2 aromatic rings. The van der Waals surface area contributed by atoms with E-state index in [9.17, 15) is 0 Å². The van der Waals surface area contributed by atoms with Crippen LogP contribution in [0.2, 0.25) is 0 Å². The Hall–Kier alpha value is -1.32. The molecule has 0 saturated carbocycles. The maximum Gasteiger partial charge on any atom is 0.106 e. The Bertz CT molecular complexity index is 431. The molecule has 0 radical (unpaired) electrons. The molecule has 0 bridgehead atoms. The summed E-state index contributed by atoms with van der Waals surface area (Å²) in [6.45, 7) is 0.0308. The van der Waals surface area contributed by atoms with Gasteiger partial charge in [0.1, 0.15) is 5.03 Å². The van der Waals surface area contributed by atoms with Crippen LogP contribution in [0.1, 0.15) is 5.56 Å². The van der Waals surface area contributed by atoms with Crippen molar-refractivity contribution in [2.75, 3.05) is 0 Å². The van der Waals surface area contributed by atoms with Crippen molar-refractivity contribution >= 4 is 11.8 Å². The fourth-order valence-electron chi connectivity index (χ4n) is 1.24. The standard InChI is InChI=1S/C12H11NOS/c14-9-10-5-4-8-13-12(10)15-11-6-2-1-3-7-11/h1-8,14H,9H2. The zero-order valence-corrected chi connectivity index (χ0v) is 8.95. The number of rotatable bonds is 3. The fourth-order valence-corrected chi connectivity index (χ4v) is 2.13. The van der Waals surface area contributed by atoms with Crippen molar-refractivity contribution in [3.05, 3.63) is 54.2 Å². The molecule has 0 amide bonds. The van der Waals surface area contributed by atoms with Gasteiger partial charge in [0.25, 0.3) is 0 Å². The molecule has 1 heterocycles. The van der Waals surface area contributed by atoms with E-state index in [1.165, 1.54) is 0 Å². The van der Waals surface area contributed by atoms with Crippen LogP contribution in [0.4, 0.5) is 0 Å². The molecule has 0 fully saturated rings. The lowest BCUT2D eigenvalue weighted by molar-refractivity contribution is 0.278. The van der Waals surface area contributed by atoms with E-state index in [4.69, 9.17) is 5.11 Å². The highest BCUT2D eigenvalue weighted by Gasteiger charge is 2.03. The van der Waals surface area contributed by atoms with Crippen molar-refractivity contribution in [3.8, 4) is 0 Å². The van der Waals surface area contributed by atoms with E-state index in [-0.39, 0.29) is 6.61 Å². The van der Waals surface area contributed by atoms with Crippen molar-refractivity contribution in [3.63, 3.8) is 0 Å². The molecule has 2 nitrogen and oxygen atoms in total. The second-order valence-corrected chi connectivity index (χ2v) is 4.10. The first-order chi connectivity index (χ1) is 7.40. The van der Waals surface area contributed by atoms with Crippen molar-refractivity contribution in [2.24, 2.45) is 0 Å². The van der Waals surface area contributed by atoms with Crippen molar-refractivity contribution < 1.29 is 5.11 Å². The maximum absolute atomic E-state index is 9.14. The monoisotopic (exact) mass is 217 g/mol. The van der Waals surface area contributed by atoms with Crippen LogP contribution in [0.5, 0.6) is 0 Å². The van der Waals surface area contributed by atoms with Crippen LogP contribution in [0.25, 0.3) is 0 Å². The van der Waals surface area contributed by atoms with E-state index in [0.717, 1.165) is 15.5 Å². The third-order valence-electron chi connectivity index (χ3n) is 1.98. The van der Waals surface area contributed by atoms with Gasteiger partial charge < -0.3 is 5.11 Å². The molecule has 1 aromatic heterocycles. The predicted molar refractivity (Wildman–Crippen MR) is 60.7 cm³/mol. The minimum Gasteiger partial charge on any atom is -0.392 e. The highest BCUT2D eigenvalue weighted by molar-refractivity contribution is 7.99. The zero-order chi connectivity index (χ0) is 10.5. The van der Waals surface area contributed by atoms with Gasteiger partial charge in [-0.25, -0.2) is 4.98 Å². The smallest absolute Gasteiger partial charge is 0.106 e. The number of pyridine rings is 1. The van der Waals surface area contributed by atoms with Gasteiger partial charge in [-0.15, -0.1) is 0 Å². The lowest BCUT2D eigenvalue weighted by Crippen LogP contribution is -1.89. The minimum atomic E-state index is 0.0308. The second-order valence-electron chi connectivity index (χ2n) is 3.04. The molecule has 0 spiro atoms. The Morgan fingerprint density at radius 2 is 1.87 bits per heavy atom. The largest absolute Gasteiger partial charge is 0.392 e. The first-order valence-corrected chi connectivity index (χ1v) is 5.49. The number of aliphatic hydroxyl groups is 1. The molecule has 15 heavy (non-hydrogen) atoms. The van der Waals surface area contributed by atoms with Gasteiger partial charge in [0.05, 0.1) is 6.61 Å². The number of nitrogens with zero attached hydrogens (tertiary/aromatic N) is 1. The van der Waals surface area contributed by atoms with Crippen molar-refractivity contribution in [1.29, 1.82) is 0 Å². The lowest BCUT2D eigenvalue weighted by Gasteiger charge is -2.04. The summed E-state index contributed by atoms with van der Waals surface area (Å²) in [6, 6.07) is 13.7. The molecule has 76 valence electrons. The van der Waals surface area contributed by atoms with Crippen molar-refractivity contribution in [1.82, 2.24) is 4.98 Å². The van der Waals surface area contributed by atoms with Gasteiger partial charge in [0.2, 0.25) is 0 Å². The topological polar surface area (TPSA) is 33.1 Å². The Balaban J connectivity index is 2.24. The van der Waals surface area contributed by atoms with Gasteiger partial charge in [-0.2, -0.15) is 0 Å². The van der Waals surface area contributed by atoms with E-state index >= 15 is 0 Å². The number of hydrogen-bond donors (Lipinski definition) is 1. The van der Waals surface area contributed by atoms with Gasteiger partial charge in [-0.1, -0.05) is 36.0 Å². The number of aliphatic hydroxyl groups excluding tert-OH is 1. The van der Waals surface area contributed by atoms with Gasteiger partial charge in [-0.05, 0) is 18.2 Å². The summed E-state index contributed by atoms with van der Waals surface area (Å²) in [5, 5.41) is 10.0. The molecule has 0 aliphatic heterocycles. The van der Waals surface area contributed by atoms with Crippen LogP contribution in [0.3, 0.4) is 0 Å². The summed E-state index contributed by atoms with van der Waals surface area (Å²) >= 11 is 1.57. The average Bonchev–Trinajstić information content (AvgIpc) is 2.31. The lowest BCUT2D eigenvalue weighted by atomic mass is 10.3. The van der Waals surface area contributed by atoms with Crippen LogP contribution in [-0.2, 0) is 6.61 Å². The van der Waals surface area contributed by atoms with E-state index in [0.29, 0.717) is 0 Å². The van der Waals surface area contributed by atoms with E-state index in [1.54, 1.807) is 18.0 Å². The third-order valence-corrected chi connectivity index (χ3v) is 3.05. The summed E-state index contributed by atoms with van der Waals surface area (Å²) in [6.07, 6.45) is 1.74. The van der Waals surface area contributed by atoms with E-state index in [1.807, 2.05) is 42.5 Å². The van der Waals surface area contributed by atoms with Crippen LogP contribution < -0.4 is 0 Å². The molecule has 0 atom stereocenters. The first kappa shape index (κ1) is 10.2. The van der Waals surface area contributed by atoms with Crippen LogP contribution in [-0.4, -0.2) is 10.1 Å². The molecule has 0 aliphatic carbocycles. The Labute approximate surface area is 93.0 Å². The highest BCUT2D eigenvalue weighted by atomic mass is 32.2. The zero-order valence-electron chi connectivity index (χ0n) is 8.13. The van der Waals surface area contributed by atoms with E-state index in [2.05, 4.69) is 4.98 Å². The minimum absolute atomic E-state index is 0.0308. The Morgan fingerprint density at radius 1 is 1.07 bits per heavy atom. The summed E-state index contributed by atoms with van der Waals surface area (Å²) < 4.78 is 0. The predicted octanol–water partition coefficient (Wildman–Crippen LogP) is 2.73. The summed E-state index contributed by atoms with van der Waals surface area (Å²) in [4.78, 5) is 5.38. The van der Waals surface area contributed by atoms with Gasteiger partial charge >= 0.3 is 0 Å². The number of benzene rings is 1. The van der Waals surface area contributed by atoms with Gasteiger partial charge in [-0.3, -0.25) is 0 Å². The molecular weight excluding hydrogens is 206 g/mol. The SMILES string of the molecule is OCc1cccnc1Sc1ccccc1. The van der Waals surface area contributed by atoms with Gasteiger partial charge in [0, 0.05) is 16.7 Å². The van der Waals surface area contributed by atoms with Crippen molar-refractivity contribution in [2.45, 2.75) is 16.5 Å². The number of hydrogen-bond acceptors (Lipinski definition) is 3. The molecule has 0 unspecified atom stereocenters. The summed E-state index contributed by atoms with van der Waals surface area (Å²) in [5.41, 5.74) is 0.867. The molecule has 0 saturated heterocycles.